The molecule has 2 N–H and O–H groups in total. The van der Waals surface area contributed by atoms with Crippen LogP contribution >= 0.6 is 0 Å². The van der Waals surface area contributed by atoms with Crippen molar-refractivity contribution < 1.29 is 9.59 Å². The first kappa shape index (κ1) is 18.5. The first-order chi connectivity index (χ1) is 12.0. The maximum Gasteiger partial charge on any atom is 0.251 e. The zero-order valence-corrected chi connectivity index (χ0v) is 15.0. The SMILES string of the molecule is CCC(C)NC(=O)c1cccc(NC(=O)CN(C)c2ccccc2)c1. The lowest BCUT2D eigenvalue weighted by Crippen LogP contribution is -2.32. The number of carbonyl (C=O) groups is 2. The number of nitrogens with zero attached hydrogens (tertiary/aromatic N) is 1. The third-order valence-corrected chi connectivity index (χ3v) is 3.98. The van der Waals surface area contributed by atoms with Crippen molar-refractivity contribution in [1.82, 2.24) is 5.32 Å². The van der Waals surface area contributed by atoms with Crippen LogP contribution in [0.4, 0.5) is 11.4 Å². The summed E-state index contributed by atoms with van der Waals surface area (Å²) in [6, 6.07) is 16.8. The number of amides is 2. The van der Waals surface area contributed by atoms with Gasteiger partial charge in [-0.2, -0.15) is 0 Å². The maximum atomic E-state index is 12.2. The van der Waals surface area contributed by atoms with Gasteiger partial charge in [0.15, 0.2) is 0 Å². The number of likely N-dealkylation sites (N-methyl/N-ethyl adjacent to an activating group) is 1. The van der Waals surface area contributed by atoms with E-state index < -0.39 is 0 Å². The number of benzene rings is 2. The van der Waals surface area contributed by atoms with Gasteiger partial charge < -0.3 is 15.5 Å². The lowest BCUT2D eigenvalue weighted by Gasteiger charge is -2.18. The molecule has 1 unspecified atom stereocenters. The second kappa shape index (κ2) is 8.87. The molecule has 2 aromatic carbocycles. The van der Waals surface area contributed by atoms with E-state index in [4.69, 9.17) is 0 Å². The van der Waals surface area contributed by atoms with E-state index in [0.717, 1.165) is 12.1 Å². The standard InChI is InChI=1S/C20H25N3O2/c1-4-15(2)21-20(25)16-9-8-10-17(13-16)22-19(24)14-23(3)18-11-6-5-7-12-18/h5-13,15H,4,14H2,1-3H3,(H,21,25)(H,22,24). The molecule has 0 aliphatic carbocycles. The molecule has 132 valence electrons. The monoisotopic (exact) mass is 339 g/mol. The molecule has 25 heavy (non-hydrogen) atoms. The Balaban J connectivity index is 1.97. The van der Waals surface area contributed by atoms with Crippen molar-refractivity contribution in [2.45, 2.75) is 26.3 Å². The van der Waals surface area contributed by atoms with Gasteiger partial charge in [0.25, 0.3) is 5.91 Å². The topological polar surface area (TPSA) is 61.4 Å². The summed E-state index contributed by atoms with van der Waals surface area (Å²) in [5.74, 6) is -0.266. The van der Waals surface area contributed by atoms with Gasteiger partial charge in [-0.15, -0.1) is 0 Å². The predicted molar refractivity (Wildman–Crippen MR) is 102 cm³/mol. The minimum absolute atomic E-state index is 0.116. The summed E-state index contributed by atoms with van der Waals surface area (Å²) in [6.07, 6.45) is 0.869. The van der Waals surface area contributed by atoms with E-state index in [0.29, 0.717) is 11.3 Å². The Kier molecular flexibility index (Phi) is 6.57. The van der Waals surface area contributed by atoms with Gasteiger partial charge in [0, 0.05) is 30.0 Å². The highest BCUT2D eigenvalue weighted by atomic mass is 16.2. The summed E-state index contributed by atoms with van der Waals surface area (Å²) in [6.45, 7) is 4.21. The predicted octanol–water partition coefficient (Wildman–Crippen LogP) is 3.29. The quantitative estimate of drug-likeness (QED) is 0.814. The van der Waals surface area contributed by atoms with E-state index in [2.05, 4.69) is 10.6 Å². The number of hydrogen-bond acceptors (Lipinski definition) is 3. The number of para-hydroxylation sites is 1. The molecular formula is C20H25N3O2. The molecule has 2 aromatic rings. The molecule has 0 aliphatic heterocycles. The van der Waals surface area contributed by atoms with Gasteiger partial charge in [0.1, 0.15) is 0 Å². The molecule has 0 aromatic heterocycles. The average molecular weight is 339 g/mol. The van der Waals surface area contributed by atoms with Crippen LogP contribution in [0.25, 0.3) is 0 Å². The number of nitrogens with one attached hydrogen (secondary N) is 2. The highest BCUT2D eigenvalue weighted by Crippen LogP contribution is 2.13. The third-order valence-electron chi connectivity index (χ3n) is 3.98. The van der Waals surface area contributed by atoms with Crippen molar-refractivity contribution in [3.63, 3.8) is 0 Å². The summed E-state index contributed by atoms with van der Waals surface area (Å²) in [7, 11) is 1.87. The molecule has 0 saturated carbocycles. The molecule has 0 aliphatic rings. The summed E-state index contributed by atoms with van der Waals surface area (Å²) in [4.78, 5) is 26.3. The second-order valence-corrected chi connectivity index (χ2v) is 6.10. The molecule has 2 amide bonds. The van der Waals surface area contributed by atoms with E-state index in [1.165, 1.54) is 0 Å². The van der Waals surface area contributed by atoms with Crippen LogP contribution < -0.4 is 15.5 Å². The summed E-state index contributed by atoms with van der Waals surface area (Å²) in [5, 5.41) is 5.76. The molecule has 1 atom stereocenters. The number of anilines is 2. The minimum Gasteiger partial charge on any atom is -0.365 e. The fourth-order valence-corrected chi connectivity index (χ4v) is 2.34. The molecule has 5 nitrogen and oxygen atoms in total. The minimum atomic E-state index is -0.133. The van der Waals surface area contributed by atoms with E-state index in [1.54, 1.807) is 24.3 Å². The molecule has 0 fully saturated rings. The highest BCUT2D eigenvalue weighted by Gasteiger charge is 2.11. The van der Waals surface area contributed by atoms with Crippen molar-refractivity contribution in [3.8, 4) is 0 Å². The van der Waals surface area contributed by atoms with Gasteiger partial charge in [-0.05, 0) is 43.7 Å². The maximum absolute atomic E-state index is 12.2. The molecule has 5 heteroatoms. The zero-order chi connectivity index (χ0) is 18.2. The van der Waals surface area contributed by atoms with Crippen molar-refractivity contribution in [3.05, 3.63) is 60.2 Å². The van der Waals surface area contributed by atoms with Gasteiger partial charge >= 0.3 is 0 Å². The fourth-order valence-electron chi connectivity index (χ4n) is 2.34. The smallest absolute Gasteiger partial charge is 0.251 e. The Bertz CT molecular complexity index is 716. The molecular weight excluding hydrogens is 314 g/mol. The van der Waals surface area contributed by atoms with Crippen molar-refractivity contribution in [1.29, 1.82) is 0 Å². The van der Waals surface area contributed by atoms with Gasteiger partial charge in [0.2, 0.25) is 5.91 Å². The Labute approximate surface area is 149 Å². The van der Waals surface area contributed by atoms with E-state index >= 15 is 0 Å². The van der Waals surface area contributed by atoms with E-state index in [9.17, 15) is 9.59 Å². The van der Waals surface area contributed by atoms with Crippen LogP contribution in [0.2, 0.25) is 0 Å². The molecule has 0 radical (unpaired) electrons. The molecule has 0 bridgehead atoms. The van der Waals surface area contributed by atoms with Crippen molar-refractivity contribution >= 4 is 23.2 Å². The normalized spacial score (nSPS) is 11.5. The van der Waals surface area contributed by atoms with E-state index in [-0.39, 0.29) is 24.4 Å². The van der Waals surface area contributed by atoms with Crippen LogP contribution in [0.5, 0.6) is 0 Å². The van der Waals surface area contributed by atoms with Gasteiger partial charge in [-0.25, -0.2) is 0 Å². The summed E-state index contributed by atoms with van der Waals surface area (Å²) < 4.78 is 0. The molecule has 0 spiro atoms. The third kappa shape index (κ3) is 5.64. The first-order valence-corrected chi connectivity index (χ1v) is 8.46. The van der Waals surface area contributed by atoms with Crippen molar-refractivity contribution in [2.24, 2.45) is 0 Å². The van der Waals surface area contributed by atoms with Crippen LogP contribution in [0.15, 0.2) is 54.6 Å². The molecule has 0 heterocycles. The van der Waals surface area contributed by atoms with Crippen LogP contribution in [-0.2, 0) is 4.79 Å². The van der Waals surface area contributed by atoms with Crippen LogP contribution in [0, 0.1) is 0 Å². The first-order valence-electron chi connectivity index (χ1n) is 8.46. The van der Waals surface area contributed by atoms with Crippen LogP contribution in [0.1, 0.15) is 30.6 Å². The number of hydrogen-bond donors (Lipinski definition) is 2. The van der Waals surface area contributed by atoms with Gasteiger partial charge in [-0.3, -0.25) is 9.59 Å². The Morgan fingerprint density at radius 1 is 1.08 bits per heavy atom. The lowest BCUT2D eigenvalue weighted by molar-refractivity contribution is -0.114. The highest BCUT2D eigenvalue weighted by molar-refractivity contribution is 5.98. The largest absolute Gasteiger partial charge is 0.365 e. The summed E-state index contributed by atoms with van der Waals surface area (Å²) in [5.41, 5.74) is 2.12. The molecule has 2 rings (SSSR count). The van der Waals surface area contributed by atoms with Gasteiger partial charge in [0.05, 0.1) is 6.54 Å². The number of carbonyl (C=O) groups excluding carboxylic acids is 2. The Morgan fingerprint density at radius 3 is 2.48 bits per heavy atom. The van der Waals surface area contributed by atoms with Crippen LogP contribution in [-0.4, -0.2) is 31.4 Å². The molecule has 0 saturated heterocycles. The lowest BCUT2D eigenvalue weighted by atomic mass is 10.1. The van der Waals surface area contributed by atoms with Crippen LogP contribution in [0.3, 0.4) is 0 Å². The van der Waals surface area contributed by atoms with Gasteiger partial charge in [-0.1, -0.05) is 31.2 Å². The zero-order valence-electron chi connectivity index (χ0n) is 15.0. The van der Waals surface area contributed by atoms with Crippen molar-refractivity contribution in [2.75, 3.05) is 23.8 Å². The summed E-state index contributed by atoms with van der Waals surface area (Å²) >= 11 is 0. The fraction of sp³-hybridized carbons (Fsp3) is 0.300. The second-order valence-electron chi connectivity index (χ2n) is 6.10. The Morgan fingerprint density at radius 2 is 1.80 bits per heavy atom. The van der Waals surface area contributed by atoms with E-state index in [1.807, 2.05) is 56.1 Å². The average Bonchev–Trinajstić information content (AvgIpc) is 2.62. The number of rotatable bonds is 7. The Hall–Kier alpha value is -2.82.